The molecule has 2 amide bonds. The van der Waals surface area contributed by atoms with E-state index < -0.39 is 5.25 Å². The minimum absolute atomic E-state index is 0.0215. The van der Waals surface area contributed by atoms with Gasteiger partial charge in [0.15, 0.2) is 16.7 Å². The molecule has 1 saturated heterocycles. The van der Waals surface area contributed by atoms with Crippen molar-refractivity contribution < 1.29 is 19.1 Å². The Bertz CT molecular complexity index is 1630. The number of rotatable bonds is 7. The second kappa shape index (κ2) is 9.90. The molecule has 1 unspecified atom stereocenters. The molecule has 0 bridgehead atoms. The number of carbonyl (C=O) groups excluding carboxylic acids is 2. The van der Waals surface area contributed by atoms with Gasteiger partial charge in [0, 0.05) is 47.6 Å². The zero-order valence-electron chi connectivity index (χ0n) is 20.8. The molecule has 3 aromatic carbocycles. The SMILES string of the molecule is C=CCN1C(=O)C(CC(=O)Nc2ccc3c(c2)OCO3)SC1=Nc1ccc2c3ccccc3n(CC)c2c1. The van der Waals surface area contributed by atoms with Crippen LogP contribution in [0.2, 0.25) is 0 Å². The molecule has 0 spiro atoms. The normalized spacial score (nSPS) is 17.6. The minimum atomic E-state index is -0.575. The van der Waals surface area contributed by atoms with Crippen LogP contribution in [0.5, 0.6) is 11.5 Å². The molecule has 8 nitrogen and oxygen atoms in total. The number of nitrogens with one attached hydrogen (secondary N) is 1. The van der Waals surface area contributed by atoms with E-state index in [0.29, 0.717) is 28.9 Å². The van der Waals surface area contributed by atoms with E-state index in [2.05, 4.69) is 47.7 Å². The fraction of sp³-hybridized carbons (Fsp3) is 0.207. The Morgan fingerprint density at radius 1 is 1.11 bits per heavy atom. The number of carbonyl (C=O) groups is 2. The lowest BCUT2D eigenvalue weighted by Crippen LogP contribution is -2.33. The van der Waals surface area contributed by atoms with Crippen LogP contribution in [-0.2, 0) is 16.1 Å². The fourth-order valence-electron chi connectivity index (χ4n) is 4.94. The maximum Gasteiger partial charge on any atom is 0.242 e. The molecule has 0 radical (unpaired) electrons. The van der Waals surface area contributed by atoms with Crippen molar-refractivity contribution in [3.8, 4) is 11.5 Å². The van der Waals surface area contributed by atoms with E-state index in [9.17, 15) is 9.59 Å². The third-order valence-electron chi connectivity index (χ3n) is 6.66. The quantitative estimate of drug-likeness (QED) is 0.313. The van der Waals surface area contributed by atoms with Crippen LogP contribution in [0, 0.1) is 0 Å². The highest BCUT2D eigenvalue weighted by molar-refractivity contribution is 8.15. The summed E-state index contributed by atoms with van der Waals surface area (Å²) >= 11 is 1.31. The second-order valence-corrected chi connectivity index (χ2v) is 10.2. The highest BCUT2D eigenvalue weighted by Crippen LogP contribution is 2.36. The Kier molecular flexibility index (Phi) is 6.29. The van der Waals surface area contributed by atoms with Gasteiger partial charge in [-0.2, -0.15) is 0 Å². The molecule has 1 atom stereocenters. The number of thioether (sulfide) groups is 1. The smallest absolute Gasteiger partial charge is 0.242 e. The number of amides is 2. The van der Waals surface area contributed by atoms with Crippen LogP contribution in [0.15, 0.2) is 78.3 Å². The summed E-state index contributed by atoms with van der Waals surface area (Å²) in [5.74, 6) is 0.810. The van der Waals surface area contributed by atoms with Gasteiger partial charge < -0.3 is 19.4 Å². The monoisotopic (exact) mass is 526 g/mol. The van der Waals surface area contributed by atoms with Gasteiger partial charge in [-0.1, -0.05) is 42.1 Å². The molecule has 1 aromatic heterocycles. The van der Waals surface area contributed by atoms with Gasteiger partial charge in [0.1, 0.15) is 5.25 Å². The van der Waals surface area contributed by atoms with E-state index >= 15 is 0 Å². The van der Waals surface area contributed by atoms with Crippen molar-refractivity contribution in [2.75, 3.05) is 18.7 Å². The topological polar surface area (TPSA) is 85.2 Å². The lowest BCUT2D eigenvalue weighted by Gasteiger charge is -2.14. The third kappa shape index (κ3) is 4.28. The number of anilines is 1. The van der Waals surface area contributed by atoms with Crippen LogP contribution in [-0.4, -0.2) is 45.0 Å². The van der Waals surface area contributed by atoms with E-state index in [1.807, 2.05) is 18.2 Å². The number of nitrogens with zero attached hydrogens (tertiary/aromatic N) is 3. The zero-order valence-corrected chi connectivity index (χ0v) is 21.7. The van der Waals surface area contributed by atoms with Gasteiger partial charge in [-0.15, -0.1) is 6.58 Å². The minimum Gasteiger partial charge on any atom is -0.454 e. The summed E-state index contributed by atoms with van der Waals surface area (Å²) in [6.07, 6.45) is 1.69. The van der Waals surface area contributed by atoms with Crippen LogP contribution < -0.4 is 14.8 Å². The number of hydrogen-bond acceptors (Lipinski definition) is 6. The van der Waals surface area contributed by atoms with E-state index in [1.54, 1.807) is 29.2 Å². The molecule has 2 aliphatic heterocycles. The number of hydrogen-bond donors (Lipinski definition) is 1. The molecular formula is C29H26N4O4S. The highest BCUT2D eigenvalue weighted by atomic mass is 32.2. The van der Waals surface area contributed by atoms with Crippen LogP contribution >= 0.6 is 11.8 Å². The molecule has 0 aliphatic carbocycles. The van der Waals surface area contributed by atoms with Crippen molar-refractivity contribution in [1.29, 1.82) is 0 Å². The van der Waals surface area contributed by atoms with Crippen molar-refractivity contribution >= 4 is 61.9 Å². The Balaban J connectivity index is 1.24. The average Bonchev–Trinajstić information content (AvgIpc) is 3.59. The van der Waals surface area contributed by atoms with Gasteiger partial charge in [-0.3, -0.25) is 14.5 Å². The number of aryl methyl sites for hydroxylation is 1. The van der Waals surface area contributed by atoms with Gasteiger partial charge in [0.2, 0.25) is 18.6 Å². The second-order valence-electron chi connectivity index (χ2n) is 9.02. The third-order valence-corrected chi connectivity index (χ3v) is 7.83. The van der Waals surface area contributed by atoms with E-state index in [1.165, 1.54) is 28.1 Å². The predicted molar refractivity (Wildman–Crippen MR) is 151 cm³/mol. The predicted octanol–water partition coefficient (Wildman–Crippen LogP) is 5.69. The molecule has 3 heterocycles. The maximum atomic E-state index is 13.2. The van der Waals surface area contributed by atoms with E-state index in [4.69, 9.17) is 14.5 Å². The first kappa shape index (κ1) is 24.1. The van der Waals surface area contributed by atoms with Crippen molar-refractivity contribution in [3.63, 3.8) is 0 Å². The summed E-state index contributed by atoms with van der Waals surface area (Å²) in [5, 5.41) is 5.22. The van der Waals surface area contributed by atoms with Crippen LogP contribution in [0.25, 0.3) is 21.8 Å². The summed E-state index contributed by atoms with van der Waals surface area (Å²) in [6, 6.07) is 19.7. The number of aliphatic imine (C=N–C) groups is 1. The van der Waals surface area contributed by atoms with Gasteiger partial charge in [0.05, 0.1) is 11.2 Å². The molecule has 192 valence electrons. The Hall–Kier alpha value is -4.24. The molecule has 1 fully saturated rings. The molecule has 6 rings (SSSR count). The largest absolute Gasteiger partial charge is 0.454 e. The van der Waals surface area contributed by atoms with E-state index in [0.717, 1.165) is 17.7 Å². The van der Waals surface area contributed by atoms with Gasteiger partial charge in [-0.05, 0) is 37.3 Å². The summed E-state index contributed by atoms with van der Waals surface area (Å²) in [4.78, 5) is 32.5. The summed E-state index contributed by atoms with van der Waals surface area (Å²) in [6.45, 7) is 7.24. The molecule has 1 N–H and O–H groups in total. The van der Waals surface area contributed by atoms with Crippen LogP contribution in [0.4, 0.5) is 11.4 Å². The van der Waals surface area contributed by atoms with Gasteiger partial charge >= 0.3 is 0 Å². The Labute approximate surface area is 223 Å². The number of aromatic nitrogens is 1. The van der Waals surface area contributed by atoms with Crippen molar-refractivity contribution in [2.24, 2.45) is 4.99 Å². The molecular weight excluding hydrogens is 500 g/mol. The average molecular weight is 527 g/mol. The first-order valence-electron chi connectivity index (χ1n) is 12.4. The van der Waals surface area contributed by atoms with Crippen molar-refractivity contribution in [1.82, 2.24) is 9.47 Å². The van der Waals surface area contributed by atoms with Crippen molar-refractivity contribution in [3.05, 3.63) is 73.3 Å². The molecule has 2 aliphatic rings. The lowest BCUT2D eigenvalue weighted by atomic mass is 10.1. The summed E-state index contributed by atoms with van der Waals surface area (Å²) in [5.41, 5.74) is 3.62. The first-order valence-corrected chi connectivity index (χ1v) is 13.3. The number of ether oxygens (including phenoxy) is 2. The molecule has 38 heavy (non-hydrogen) atoms. The molecule has 0 saturated carbocycles. The fourth-order valence-corrected chi connectivity index (χ4v) is 6.10. The van der Waals surface area contributed by atoms with Crippen LogP contribution in [0.1, 0.15) is 13.3 Å². The highest BCUT2D eigenvalue weighted by Gasteiger charge is 2.38. The molecule has 9 heteroatoms. The number of benzene rings is 3. The zero-order chi connectivity index (χ0) is 26.2. The first-order chi connectivity index (χ1) is 18.6. The summed E-state index contributed by atoms with van der Waals surface area (Å²) in [7, 11) is 0. The number of amidine groups is 1. The summed E-state index contributed by atoms with van der Waals surface area (Å²) < 4.78 is 13.0. The number of para-hydroxylation sites is 1. The van der Waals surface area contributed by atoms with E-state index in [-0.39, 0.29) is 25.0 Å². The van der Waals surface area contributed by atoms with Gasteiger partial charge in [-0.25, -0.2) is 4.99 Å². The lowest BCUT2D eigenvalue weighted by molar-refractivity contribution is -0.127. The Morgan fingerprint density at radius 3 is 2.76 bits per heavy atom. The van der Waals surface area contributed by atoms with Crippen LogP contribution in [0.3, 0.4) is 0 Å². The molecule has 4 aromatic rings. The standard InChI is InChI=1S/C29H26N4O4S/c1-3-13-33-28(35)26(16-27(34)30-19-10-12-24-25(15-19)37-17-36-24)38-29(33)31-18-9-11-21-20-7-5-6-8-22(20)32(4-2)23(21)14-18/h3,5-12,14-15,26H,1,4,13,16-17H2,2H3,(H,30,34). The number of fused-ring (bicyclic) bond motifs is 4. The van der Waals surface area contributed by atoms with Gasteiger partial charge in [0.25, 0.3) is 0 Å². The Morgan fingerprint density at radius 2 is 1.92 bits per heavy atom. The van der Waals surface area contributed by atoms with Crippen molar-refractivity contribution in [2.45, 2.75) is 25.1 Å². The maximum absolute atomic E-state index is 13.2.